The molecule has 1 amide bonds. The Balaban J connectivity index is 2.03. The van der Waals surface area contributed by atoms with E-state index in [1.807, 2.05) is 38.4 Å². The molecule has 7 heteroatoms. The molecule has 2 atom stereocenters. The van der Waals surface area contributed by atoms with Gasteiger partial charge < -0.3 is 15.0 Å². The van der Waals surface area contributed by atoms with E-state index in [9.17, 15) is 4.79 Å². The largest absolute Gasteiger partial charge is 0.497 e. The smallest absolute Gasteiger partial charge is 0.244 e. The average molecular weight is 317 g/mol. The van der Waals surface area contributed by atoms with E-state index < -0.39 is 6.04 Å². The maximum absolute atomic E-state index is 12.3. The number of benzene rings is 1. The Morgan fingerprint density at radius 3 is 2.83 bits per heavy atom. The van der Waals surface area contributed by atoms with Gasteiger partial charge in [-0.05, 0) is 38.7 Å². The fraction of sp³-hybridized carbons (Fsp3) is 0.438. The number of hydrogen-bond acceptors (Lipinski definition) is 5. The summed E-state index contributed by atoms with van der Waals surface area (Å²) < 4.78 is 6.81. The molecule has 0 spiro atoms. The molecule has 0 saturated heterocycles. The zero-order valence-corrected chi connectivity index (χ0v) is 13.9. The van der Waals surface area contributed by atoms with Crippen LogP contribution in [0.15, 0.2) is 36.9 Å². The Bertz CT molecular complexity index is 627. The topological polar surface area (TPSA) is 72.3 Å². The Morgan fingerprint density at radius 1 is 1.43 bits per heavy atom. The van der Waals surface area contributed by atoms with Gasteiger partial charge in [-0.1, -0.05) is 12.1 Å². The zero-order valence-electron chi connectivity index (χ0n) is 13.9. The summed E-state index contributed by atoms with van der Waals surface area (Å²) in [6.45, 7) is 2.29. The number of carbonyl (C=O) groups is 1. The van der Waals surface area contributed by atoms with Crippen molar-refractivity contribution in [1.29, 1.82) is 0 Å². The zero-order chi connectivity index (χ0) is 16.8. The van der Waals surface area contributed by atoms with Gasteiger partial charge in [0.05, 0.1) is 13.2 Å². The molecule has 0 saturated carbocycles. The molecule has 0 radical (unpaired) electrons. The first-order chi connectivity index (χ1) is 11.0. The molecule has 0 aliphatic heterocycles. The molecule has 0 bridgehead atoms. The number of likely N-dealkylation sites (N-methyl/N-ethyl adjacent to an activating group) is 1. The van der Waals surface area contributed by atoms with E-state index in [0.29, 0.717) is 6.54 Å². The first-order valence-corrected chi connectivity index (χ1v) is 7.45. The molecule has 2 aromatic rings. The number of aromatic nitrogens is 3. The summed E-state index contributed by atoms with van der Waals surface area (Å²) in [4.78, 5) is 18.2. The van der Waals surface area contributed by atoms with Crippen molar-refractivity contribution < 1.29 is 9.53 Å². The van der Waals surface area contributed by atoms with Crippen molar-refractivity contribution in [2.24, 2.45) is 0 Å². The standard InChI is InChI=1S/C16H23N5O2/c1-12(21-11-17-10-19-21)16(22)18-9-15(20(2)3)13-6-5-7-14(8-13)23-4/h5-8,10-12,15H,9H2,1-4H3,(H,18,22)/t12-,15-/m1/s1. The molecule has 1 aromatic carbocycles. The van der Waals surface area contributed by atoms with Gasteiger partial charge in [0.15, 0.2) is 0 Å². The van der Waals surface area contributed by atoms with Crippen LogP contribution in [-0.2, 0) is 4.79 Å². The summed E-state index contributed by atoms with van der Waals surface area (Å²) in [6.07, 6.45) is 2.96. The van der Waals surface area contributed by atoms with Crippen LogP contribution in [0, 0.1) is 0 Å². The summed E-state index contributed by atoms with van der Waals surface area (Å²) in [7, 11) is 5.61. The minimum atomic E-state index is -0.398. The van der Waals surface area contributed by atoms with Crippen LogP contribution in [0.2, 0.25) is 0 Å². The summed E-state index contributed by atoms with van der Waals surface area (Å²) in [5, 5.41) is 6.98. The Kier molecular flexibility index (Phi) is 5.70. The van der Waals surface area contributed by atoms with Gasteiger partial charge in [0.2, 0.25) is 5.91 Å². The molecule has 23 heavy (non-hydrogen) atoms. The monoisotopic (exact) mass is 317 g/mol. The molecule has 1 aromatic heterocycles. The van der Waals surface area contributed by atoms with Gasteiger partial charge in [0.25, 0.3) is 0 Å². The van der Waals surface area contributed by atoms with Crippen LogP contribution in [0.1, 0.15) is 24.6 Å². The van der Waals surface area contributed by atoms with Crippen molar-refractivity contribution in [1.82, 2.24) is 25.0 Å². The molecule has 1 heterocycles. The molecule has 0 aliphatic carbocycles. The van der Waals surface area contributed by atoms with Crippen LogP contribution < -0.4 is 10.1 Å². The lowest BCUT2D eigenvalue weighted by molar-refractivity contribution is -0.124. The molecule has 0 unspecified atom stereocenters. The maximum Gasteiger partial charge on any atom is 0.244 e. The van der Waals surface area contributed by atoms with Crippen molar-refractivity contribution in [3.05, 3.63) is 42.5 Å². The molecule has 7 nitrogen and oxygen atoms in total. The van der Waals surface area contributed by atoms with Gasteiger partial charge in [-0.15, -0.1) is 0 Å². The number of nitrogens with zero attached hydrogens (tertiary/aromatic N) is 4. The number of nitrogens with one attached hydrogen (secondary N) is 1. The van der Waals surface area contributed by atoms with Crippen molar-refractivity contribution in [3.63, 3.8) is 0 Å². The van der Waals surface area contributed by atoms with Crippen LogP contribution in [0.3, 0.4) is 0 Å². The minimum Gasteiger partial charge on any atom is -0.497 e. The van der Waals surface area contributed by atoms with E-state index in [0.717, 1.165) is 11.3 Å². The fourth-order valence-electron chi connectivity index (χ4n) is 2.33. The second kappa shape index (κ2) is 7.73. The van der Waals surface area contributed by atoms with Gasteiger partial charge in [-0.2, -0.15) is 5.10 Å². The van der Waals surface area contributed by atoms with Gasteiger partial charge >= 0.3 is 0 Å². The van der Waals surface area contributed by atoms with Crippen molar-refractivity contribution in [2.75, 3.05) is 27.7 Å². The molecule has 0 fully saturated rings. The van der Waals surface area contributed by atoms with Gasteiger partial charge in [-0.25, -0.2) is 9.67 Å². The van der Waals surface area contributed by atoms with Crippen LogP contribution in [0.4, 0.5) is 0 Å². The second-order valence-electron chi connectivity index (χ2n) is 5.55. The van der Waals surface area contributed by atoms with E-state index in [-0.39, 0.29) is 11.9 Å². The third kappa shape index (κ3) is 4.29. The molecule has 2 rings (SSSR count). The molecular formula is C16H23N5O2. The molecular weight excluding hydrogens is 294 g/mol. The Labute approximate surface area is 136 Å². The van der Waals surface area contributed by atoms with Gasteiger partial charge in [-0.3, -0.25) is 4.79 Å². The average Bonchev–Trinajstić information content (AvgIpc) is 3.08. The predicted molar refractivity (Wildman–Crippen MR) is 87.2 cm³/mol. The number of carbonyl (C=O) groups excluding carboxylic acids is 1. The minimum absolute atomic E-state index is 0.0528. The highest BCUT2D eigenvalue weighted by molar-refractivity contribution is 5.79. The lowest BCUT2D eigenvalue weighted by atomic mass is 10.1. The first kappa shape index (κ1) is 17.0. The lowest BCUT2D eigenvalue weighted by Gasteiger charge is -2.26. The molecule has 124 valence electrons. The van der Waals surface area contributed by atoms with Crippen LogP contribution in [-0.4, -0.2) is 53.3 Å². The summed E-state index contributed by atoms with van der Waals surface area (Å²) in [5.74, 6) is 0.710. The van der Waals surface area contributed by atoms with Crippen LogP contribution >= 0.6 is 0 Å². The summed E-state index contributed by atoms with van der Waals surface area (Å²) in [5.41, 5.74) is 1.09. The fourth-order valence-corrected chi connectivity index (χ4v) is 2.33. The summed E-state index contributed by atoms with van der Waals surface area (Å²) >= 11 is 0. The van der Waals surface area contributed by atoms with E-state index in [1.165, 1.54) is 17.3 Å². The molecule has 0 aliphatic rings. The summed E-state index contributed by atoms with van der Waals surface area (Å²) in [6, 6.07) is 7.52. The number of ether oxygens (including phenoxy) is 1. The quantitative estimate of drug-likeness (QED) is 0.832. The molecule has 1 N–H and O–H groups in total. The maximum atomic E-state index is 12.3. The van der Waals surface area contributed by atoms with E-state index in [4.69, 9.17) is 4.74 Å². The van der Waals surface area contributed by atoms with Crippen LogP contribution in [0.5, 0.6) is 5.75 Å². The van der Waals surface area contributed by atoms with E-state index in [2.05, 4.69) is 20.3 Å². The highest BCUT2D eigenvalue weighted by Gasteiger charge is 2.19. The van der Waals surface area contributed by atoms with E-state index >= 15 is 0 Å². The third-order valence-corrected chi connectivity index (χ3v) is 3.78. The van der Waals surface area contributed by atoms with Crippen molar-refractivity contribution in [3.8, 4) is 5.75 Å². The highest BCUT2D eigenvalue weighted by Crippen LogP contribution is 2.22. The SMILES string of the molecule is COc1cccc([C@@H](CNC(=O)[C@@H](C)n2cncn2)N(C)C)c1. The van der Waals surface area contributed by atoms with Crippen molar-refractivity contribution in [2.45, 2.75) is 19.0 Å². The predicted octanol–water partition coefficient (Wildman–Crippen LogP) is 1.27. The van der Waals surface area contributed by atoms with E-state index in [1.54, 1.807) is 14.0 Å². The van der Waals surface area contributed by atoms with Crippen molar-refractivity contribution >= 4 is 5.91 Å². The van der Waals surface area contributed by atoms with Crippen LogP contribution in [0.25, 0.3) is 0 Å². The normalized spacial score (nSPS) is 13.6. The van der Waals surface area contributed by atoms with Gasteiger partial charge in [0, 0.05) is 6.54 Å². The number of rotatable bonds is 7. The number of amides is 1. The third-order valence-electron chi connectivity index (χ3n) is 3.78. The Hall–Kier alpha value is -2.41. The second-order valence-corrected chi connectivity index (χ2v) is 5.55. The highest BCUT2D eigenvalue weighted by atomic mass is 16.5. The van der Waals surface area contributed by atoms with Gasteiger partial charge in [0.1, 0.15) is 24.4 Å². The lowest BCUT2D eigenvalue weighted by Crippen LogP contribution is -2.37. The first-order valence-electron chi connectivity index (χ1n) is 7.45. The number of hydrogen-bond donors (Lipinski definition) is 1. The number of methoxy groups -OCH3 is 1. The Morgan fingerprint density at radius 2 is 2.22 bits per heavy atom.